The zero-order valence-electron chi connectivity index (χ0n) is 10.7. The number of hydrogen-bond donors (Lipinski definition) is 1. The van der Waals surface area contributed by atoms with Gasteiger partial charge in [-0.1, -0.05) is 41.7 Å². The highest BCUT2D eigenvalue weighted by atomic mass is 35.5. The van der Waals surface area contributed by atoms with Crippen molar-refractivity contribution in [3.63, 3.8) is 0 Å². The molecule has 0 aliphatic rings. The van der Waals surface area contributed by atoms with Crippen LogP contribution in [-0.2, 0) is 20.0 Å². The lowest BCUT2D eigenvalue weighted by Gasteiger charge is -2.09. The number of halogens is 3. The van der Waals surface area contributed by atoms with Crippen LogP contribution in [0.2, 0.25) is 15.1 Å². The predicted octanol–water partition coefficient (Wildman–Crippen LogP) is 4.55. The SMILES string of the molecule is CCc1nn(C)c(CNc2ccc(Cl)cc2Cl)c1Cl. The summed E-state index contributed by atoms with van der Waals surface area (Å²) in [6.45, 7) is 2.59. The van der Waals surface area contributed by atoms with Crippen molar-refractivity contribution < 1.29 is 0 Å². The summed E-state index contributed by atoms with van der Waals surface area (Å²) in [5, 5.41) is 9.52. The second-order valence-corrected chi connectivity index (χ2v) is 5.38. The summed E-state index contributed by atoms with van der Waals surface area (Å²) in [6.07, 6.45) is 0.814. The van der Waals surface area contributed by atoms with Crippen molar-refractivity contribution in [3.05, 3.63) is 44.7 Å². The van der Waals surface area contributed by atoms with E-state index in [0.717, 1.165) is 23.5 Å². The summed E-state index contributed by atoms with van der Waals surface area (Å²) in [6, 6.07) is 5.33. The number of nitrogens with one attached hydrogen (secondary N) is 1. The van der Waals surface area contributed by atoms with Crippen LogP contribution in [-0.4, -0.2) is 9.78 Å². The quantitative estimate of drug-likeness (QED) is 0.896. The highest BCUT2D eigenvalue weighted by Crippen LogP contribution is 2.27. The lowest BCUT2D eigenvalue weighted by molar-refractivity contribution is 0.707. The summed E-state index contributed by atoms with van der Waals surface area (Å²) in [4.78, 5) is 0. The highest BCUT2D eigenvalue weighted by molar-refractivity contribution is 6.36. The summed E-state index contributed by atoms with van der Waals surface area (Å²) < 4.78 is 1.79. The molecule has 0 spiro atoms. The molecule has 0 aliphatic carbocycles. The van der Waals surface area contributed by atoms with Crippen molar-refractivity contribution in [1.29, 1.82) is 0 Å². The van der Waals surface area contributed by atoms with Gasteiger partial charge in [0.25, 0.3) is 0 Å². The van der Waals surface area contributed by atoms with Crippen LogP contribution >= 0.6 is 34.8 Å². The summed E-state index contributed by atoms with van der Waals surface area (Å²) in [7, 11) is 1.88. The molecule has 0 fully saturated rings. The Labute approximate surface area is 127 Å². The normalized spacial score (nSPS) is 10.8. The van der Waals surface area contributed by atoms with Crippen LogP contribution in [0.25, 0.3) is 0 Å². The number of nitrogens with zero attached hydrogens (tertiary/aromatic N) is 2. The van der Waals surface area contributed by atoms with Gasteiger partial charge < -0.3 is 5.32 Å². The van der Waals surface area contributed by atoms with Crippen LogP contribution < -0.4 is 5.32 Å². The number of anilines is 1. The van der Waals surface area contributed by atoms with Crippen LogP contribution in [0.4, 0.5) is 5.69 Å². The van der Waals surface area contributed by atoms with Gasteiger partial charge in [0, 0.05) is 12.1 Å². The Morgan fingerprint density at radius 3 is 2.58 bits per heavy atom. The van der Waals surface area contributed by atoms with E-state index in [4.69, 9.17) is 34.8 Å². The van der Waals surface area contributed by atoms with E-state index in [2.05, 4.69) is 10.4 Å². The lowest BCUT2D eigenvalue weighted by atomic mass is 10.2. The maximum Gasteiger partial charge on any atom is 0.0868 e. The van der Waals surface area contributed by atoms with Crippen molar-refractivity contribution in [1.82, 2.24) is 9.78 Å². The monoisotopic (exact) mass is 317 g/mol. The van der Waals surface area contributed by atoms with Gasteiger partial charge in [-0.05, 0) is 24.6 Å². The number of hydrogen-bond acceptors (Lipinski definition) is 2. The topological polar surface area (TPSA) is 29.9 Å². The molecular weight excluding hydrogens is 305 g/mol. The fraction of sp³-hybridized carbons (Fsp3) is 0.308. The number of rotatable bonds is 4. The maximum absolute atomic E-state index is 6.28. The van der Waals surface area contributed by atoms with Gasteiger partial charge >= 0.3 is 0 Å². The number of benzene rings is 1. The van der Waals surface area contributed by atoms with Crippen molar-refractivity contribution >= 4 is 40.5 Å². The molecule has 0 unspecified atom stereocenters. The van der Waals surface area contributed by atoms with E-state index in [9.17, 15) is 0 Å². The molecule has 2 rings (SSSR count). The van der Waals surface area contributed by atoms with E-state index in [1.54, 1.807) is 16.8 Å². The van der Waals surface area contributed by atoms with Gasteiger partial charge in [0.2, 0.25) is 0 Å². The third-order valence-electron chi connectivity index (χ3n) is 2.88. The third-order valence-corrected chi connectivity index (χ3v) is 3.86. The second kappa shape index (κ2) is 6.04. The average Bonchev–Trinajstić information content (AvgIpc) is 2.64. The maximum atomic E-state index is 6.28. The zero-order valence-corrected chi connectivity index (χ0v) is 12.9. The molecule has 19 heavy (non-hydrogen) atoms. The Morgan fingerprint density at radius 1 is 1.26 bits per heavy atom. The Morgan fingerprint density at radius 2 is 2.00 bits per heavy atom. The van der Waals surface area contributed by atoms with Gasteiger partial charge in [-0.15, -0.1) is 0 Å². The lowest BCUT2D eigenvalue weighted by Crippen LogP contribution is -2.06. The van der Waals surface area contributed by atoms with Gasteiger partial charge in [0.1, 0.15) is 0 Å². The summed E-state index contributed by atoms with van der Waals surface area (Å²) in [5.74, 6) is 0. The molecule has 2 aromatic rings. The average molecular weight is 319 g/mol. The van der Waals surface area contributed by atoms with Gasteiger partial charge in [0.15, 0.2) is 0 Å². The van der Waals surface area contributed by atoms with E-state index in [1.165, 1.54) is 0 Å². The summed E-state index contributed by atoms with van der Waals surface area (Å²) >= 11 is 18.2. The van der Waals surface area contributed by atoms with Crippen LogP contribution in [0.1, 0.15) is 18.3 Å². The Bertz CT molecular complexity index is 593. The molecule has 0 radical (unpaired) electrons. The van der Waals surface area contributed by atoms with Crippen molar-refractivity contribution in [2.24, 2.45) is 7.05 Å². The molecular formula is C13H14Cl3N3. The first-order valence-electron chi connectivity index (χ1n) is 5.92. The Balaban J connectivity index is 2.16. The molecule has 1 aromatic carbocycles. The molecule has 1 aromatic heterocycles. The number of aromatic nitrogens is 2. The van der Waals surface area contributed by atoms with E-state index in [1.807, 2.05) is 20.0 Å². The molecule has 0 saturated carbocycles. The zero-order chi connectivity index (χ0) is 14.0. The first-order chi connectivity index (χ1) is 9.02. The van der Waals surface area contributed by atoms with Crippen LogP contribution in [0.3, 0.4) is 0 Å². The first-order valence-corrected chi connectivity index (χ1v) is 7.05. The molecule has 0 aliphatic heterocycles. The minimum absolute atomic E-state index is 0.559. The van der Waals surface area contributed by atoms with Crippen molar-refractivity contribution in [2.45, 2.75) is 19.9 Å². The number of aryl methyl sites for hydroxylation is 2. The van der Waals surface area contributed by atoms with Crippen molar-refractivity contribution in [3.8, 4) is 0 Å². The van der Waals surface area contributed by atoms with Crippen molar-refractivity contribution in [2.75, 3.05) is 5.32 Å². The van der Waals surface area contributed by atoms with Crippen LogP contribution in [0.5, 0.6) is 0 Å². The fourth-order valence-corrected chi connectivity index (χ4v) is 2.66. The molecule has 0 atom stereocenters. The Kier molecular flexibility index (Phi) is 4.61. The fourth-order valence-electron chi connectivity index (χ4n) is 1.82. The predicted molar refractivity (Wildman–Crippen MR) is 81.4 cm³/mol. The molecule has 0 bridgehead atoms. The summed E-state index contributed by atoms with van der Waals surface area (Å²) in [5.41, 5.74) is 2.66. The van der Waals surface area contributed by atoms with E-state index in [0.29, 0.717) is 21.6 Å². The minimum Gasteiger partial charge on any atom is -0.378 e. The smallest absolute Gasteiger partial charge is 0.0868 e. The van der Waals surface area contributed by atoms with Gasteiger partial charge in [0.05, 0.1) is 33.7 Å². The highest BCUT2D eigenvalue weighted by Gasteiger charge is 2.13. The van der Waals surface area contributed by atoms with Gasteiger partial charge in [-0.3, -0.25) is 4.68 Å². The molecule has 102 valence electrons. The molecule has 0 amide bonds. The first kappa shape index (κ1) is 14.5. The molecule has 3 nitrogen and oxygen atoms in total. The Hall–Kier alpha value is -0.900. The minimum atomic E-state index is 0.559. The van der Waals surface area contributed by atoms with Gasteiger partial charge in [-0.2, -0.15) is 5.10 Å². The van der Waals surface area contributed by atoms with E-state index < -0.39 is 0 Å². The standard InChI is InChI=1S/C13H14Cl3N3/c1-3-10-13(16)12(19(2)18-10)7-17-11-5-4-8(14)6-9(11)15/h4-6,17H,3,7H2,1-2H3. The molecule has 1 N–H and O–H groups in total. The molecule has 0 saturated heterocycles. The molecule has 1 heterocycles. The van der Waals surface area contributed by atoms with Crippen LogP contribution in [0.15, 0.2) is 18.2 Å². The van der Waals surface area contributed by atoms with Crippen LogP contribution in [0, 0.1) is 0 Å². The largest absolute Gasteiger partial charge is 0.378 e. The van der Waals surface area contributed by atoms with E-state index in [-0.39, 0.29) is 0 Å². The molecule has 6 heteroatoms. The van der Waals surface area contributed by atoms with Gasteiger partial charge in [-0.25, -0.2) is 0 Å². The second-order valence-electron chi connectivity index (χ2n) is 4.16. The third kappa shape index (κ3) is 3.16. The van der Waals surface area contributed by atoms with E-state index >= 15 is 0 Å².